The van der Waals surface area contributed by atoms with Crippen LogP contribution in [0, 0.1) is 5.41 Å². The van der Waals surface area contributed by atoms with Gasteiger partial charge in [-0.1, -0.05) is 86.6 Å². The van der Waals surface area contributed by atoms with Gasteiger partial charge in [-0.3, -0.25) is 19.3 Å². The van der Waals surface area contributed by atoms with Crippen molar-refractivity contribution >= 4 is 45.3 Å². The molecule has 14 heteroatoms. The van der Waals surface area contributed by atoms with Crippen molar-refractivity contribution in [2.75, 3.05) is 24.2 Å². The normalized spacial score (nSPS) is 16.5. The van der Waals surface area contributed by atoms with Gasteiger partial charge in [0.1, 0.15) is 17.7 Å². The van der Waals surface area contributed by atoms with Gasteiger partial charge in [0.15, 0.2) is 15.6 Å². The molecule has 0 spiro atoms. The average Bonchev–Trinajstić information content (AvgIpc) is 3.85. The van der Waals surface area contributed by atoms with E-state index in [2.05, 4.69) is 38.0 Å². The molecule has 13 nitrogen and oxygen atoms in total. The fraction of sp³-hybridized carbons (Fsp3) is 0.690. The number of alkyl carbamates (subject to hydrolysis) is 1. The molecule has 3 rings (SSSR count). The number of para-hydroxylation sites is 1. The van der Waals surface area contributed by atoms with Crippen LogP contribution in [0.3, 0.4) is 0 Å². The maximum absolute atomic E-state index is 13.4. The third kappa shape index (κ3) is 17.9. The number of sulfone groups is 1. The number of anilines is 1. The van der Waals surface area contributed by atoms with E-state index in [0.29, 0.717) is 38.0 Å². The van der Waals surface area contributed by atoms with E-state index in [9.17, 15) is 32.4 Å². The molecule has 1 saturated heterocycles. The fourth-order valence-corrected chi connectivity index (χ4v) is 6.96. The van der Waals surface area contributed by atoms with Crippen LogP contribution in [-0.4, -0.2) is 96.5 Å². The van der Waals surface area contributed by atoms with Crippen molar-refractivity contribution in [3.63, 3.8) is 0 Å². The van der Waals surface area contributed by atoms with Crippen molar-refractivity contribution in [2.45, 2.75) is 163 Å². The molecule has 320 valence electrons. The van der Waals surface area contributed by atoms with E-state index in [4.69, 9.17) is 9.84 Å². The number of nitrogens with zero attached hydrogens (tertiary/aromatic N) is 2. The Hall–Kier alpha value is -3.94. The number of hydrogen-bond donors (Lipinski definition) is 3. The zero-order chi connectivity index (χ0) is 43.8. The van der Waals surface area contributed by atoms with Gasteiger partial charge < -0.3 is 25.4 Å². The van der Waals surface area contributed by atoms with Crippen LogP contribution in [0.15, 0.2) is 36.9 Å². The van der Waals surface area contributed by atoms with Crippen LogP contribution in [0.2, 0.25) is 0 Å². The first kappa shape index (κ1) is 52.1. The van der Waals surface area contributed by atoms with Crippen molar-refractivity contribution < 1.29 is 42.2 Å². The lowest BCUT2D eigenvalue weighted by Crippen LogP contribution is -2.58. The van der Waals surface area contributed by atoms with Crippen LogP contribution >= 0.6 is 0 Å². The number of carbonyl (C=O) groups is 5. The third-order valence-corrected chi connectivity index (χ3v) is 11.2. The lowest BCUT2D eigenvalue weighted by Gasteiger charge is -2.36. The van der Waals surface area contributed by atoms with Crippen LogP contribution < -0.4 is 15.5 Å². The minimum Gasteiger partial charge on any atom is -0.465 e. The number of rotatable bonds is 11. The molecular weight excluding hydrogens is 737 g/mol. The maximum atomic E-state index is 13.4. The number of benzene rings is 1. The molecule has 1 aromatic carbocycles. The quantitative estimate of drug-likeness (QED) is 0.189. The molecule has 1 aliphatic carbocycles. The smallest absolute Gasteiger partial charge is 0.411 e. The lowest BCUT2D eigenvalue weighted by atomic mass is 9.85. The molecule has 56 heavy (non-hydrogen) atoms. The highest BCUT2D eigenvalue weighted by atomic mass is 32.2. The highest BCUT2D eigenvalue weighted by Gasteiger charge is 2.43. The Morgan fingerprint density at radius 2 is 1.54 bits per heavy atom. The summed E-state index contributed by atoms with van der Waals surface area (Å²) in [5.74, 6) is -0.496. The summed E-state index contributed by atoms with van der Waals surface area (Å²) in [6.45, 7) is 28.2. The summed E-state index contributed by atoms with van der Waals surface area (Å²) in [5.41, 5.74) is 0.440. The van der Waals surface area contributed by atoms with Gasteiger partial charge in [-0.15, -0.1) is 6.58 Å². The van der Waals surface area contributed by atoms with Gasteiger partial charge >= 0.3 is 12.2 Å². The van der Waals surface area contributed by atoms with Crippen LogP contribution in [0.5, 0.6) is 0 Å². The molecule has 0 aromatic heterocycles. The molecule has 2 aliphatic rings. The van der Waals surface area contributed by atoms with Crippen LogP contribution in [-0.2, 0) is 34.4 Å². The van der Waals surface area contributed by atoms with Crippen molar-refractivity contribution in [1.82, 2.24) is 15.5 Å². The molecule has 1 saturated carbocycles. The van der Waals surface area contributed by atoms with Gasteiger partial charge in [0.2, 0.25) is 11.8 Å². The number of hydrogen-bond acceptors (Lipinski definition) is 8. The average molecular weight is 809 g/mol. The summed E-state index contributed by atoms with van der Waals surface area (Å²) in [6.07, 6.45) is 4.13. The number of nitrogens with one attached hydrogen (secondary N) is 2. The molecule has 1 aliphatic heterocycles. The van der Waals surface area contributed by atoms with E-state index in [1.165, 1.54) is 16.7 Å². The zero-order valence-corrected chi connectivity index (χ0v) is 37.4. The number of carbonyl (C=O) groups excluding carboxylic acids is 4. The van der Waals surface area contributed by atoms with Gasteiger partial charge in [-0.25, -0.2) is 18.0 Å². The number of amides is 4. The predicted octanol–water partition coefficient (Wildman–Crippen LogP) is 7.66. The number of ketones is 1. The van der Waals surface area contributed by atoms with Gasteiger partial charge in [-0.2, -0.15) is 0 Å². The molecule has 3 atom stereocenters. The first-order valence-electron chi connectivity index (χ1n) is 19.7. The van der Waals surface area contributed by atoms with E-state index >= 15 is 0 Å². The summed E-state index contributed by atoms with van der Waals surface area (Å²) in [4.78, 5) is 64.2. The molecule has 4 amide bonds. The largest absolute Gasteiger partial charge is 0.465 e. The third-order valence-electron chi connectivity index (χ3n) is 8.87. The lowest BCUT2D eigenvalue weighted by molar-refractivity contribution is -0.142. The van der Waals surface area contributed by atoms with Gasteiger partial charge in [0.05, 0.1) is 17.0 Å². The summed E-state index contributed by atoms with van der Waals surface area (Å²) in [6, 6.07) is 5.43. The first-order valence-corrected chi connectivity index (χ1v) is 21.4. The van der Waals surface area contributed by atoms with Gasteiger partial charge in [0.25, 0.3) is 0 Å². The molecule has 0 radical (unpaired) electrons. The Balaban J connectivity index is 0.000000985. The second kappa shape index (κ2) is 22.7. The highest BCUT2D eigenvalue weighted by molar-refractivity contribution is 7.92. The maximum Gasteiger partial charge on any atom is 0.411 e. The monoisotopic (exact) mass is 809 g/mol. The second-order valence-corrected chi connectivity index (χ2v) is 19.5. The van der Waals surface area contributed by atoms with E-state index in [1.807, 2.05) is 58.9 Å². The van der Waals surface area contributed by atoms with Crippen molar-refractivity contribution in [3.05, 3.63) is 42.5 Å². The minimum atomic E-state index is -2.62. The van der Waals surface area contributed by atoms with Crippen molar-refractivity contribution in [1.29, 1.82) is 0 Å². The Bertz CT molecular complexity index is 1570. The standard InChI is InChI=1S/C23H39N3O5.C12H17NO2.C5H10O2S.C2H6/c1-9-10-12-16(15(2)27)24-19(28)17-13-11-14-26(17)20(29)18(22(3,4)5)25-21(30)31-23(6,7)8;1-12(2,3)9-7-5-6-8-10(9)13(4)11(14)15;1-2-8(6,7)5-3-4-5;1-2/h9,16-18H,1,10-14H2,2-8H3,(H,24,28)(H,25,30);5-8H,1-4H3,(H,14,15);5H,2-4H2,1H3;1-2H3/t16-,17?,18+;;;/m0.../s1. The van der Waals surface area contributed by atoms with Crippen molar-refractivity contribution in [3.8, 4) is 0 Å². The van der Waals surface area contributed by atoms with Crippen molar-refractivity contribution in [2.24, 2.45) is 5.41 Å². The number of Topliss-reactive ketones (excluding diaryl/α,β-unsaturated/α-hetero) is 1. The molecular formula is C42H72N4O9S. The summed E-state index contributed by atoms with van der Waals surface area (Å²) < 4.78 is 26.8. The van der Waals surface area contributed by atoms with Gasteiger partial charge in [-0.05, 0) is 88.7 Å². The molecule has 0 bridgehead atoms. The van der Waals surface area contributed by atoms with E-state index in [0.717, 1.165) is 24.1 Å². The summed E-state index contributed by atoms with van der Waals surface area (Å²) in [7, 11) is -1.06. The van der Waals surface area contributed by atoms with Gasteiger partial charge in [0, 0.05) is 19.3 Å². The highest BCUT2D eigenvalue weighted by Crippen LogP contribution is 2.31. The molecule has 1 heterocycles. The Kier molecular flexibility index (Phi) is 21.1. The van der Waals surface area contributed by atoms with Crippen LogP contribution in [0.4, 0.5) is 15.3 Å². The van der Waals surface area contributed by atoms with E-state index in [-0.39, 0.29) is 28.3 Å². The Morgan fingerprint density at radius 1 is 0.982 bits per heavy atom. The number of ether oxygens (including phenoxy) is 1. The number of likely N-dealkylation sites (tertiary alicyclic amines) is 1. The zero-order valence-electron chi connectivity index (χ0n) is 36.6. The summed E-state index contributed by atoms with van der Waals surface area (Å²) >= 11 is 0. The minimum absolute atomic E-state index is 0.0347. The molecule has 1 aromatic rings. The fourth-order valence-electron chi connectivity index (χ4n) is 5.64. The summed E-state index contributed by atoms with van der Waals surface area (Å²) in [5, 5.41) is 14.5. The SMILES string of the molecule is C=CCC[C@H](NC(=O)C1CCCN1C(=O)[C@@H](NC(=O)OC(C)(C)C)C(C)(C)C)C(C)=O.CC.CCS(=O)(=O)C1CC1.CN(C(=O)O)c1ccccc1C(C)(C)C. The first-order chi connectivity index (χ1) is 25.7. The van der Waals surface area contributed by atoms with Crippen LogP contribution in [0.1, 0.15) is 134 Å². The Labute approximate surface area is 337 Å². The topological polar surface area (TPSA) is 179 Å². The molecule has 2 fully saturated rings. The second-order valence-electron chi connectivity index (χ2n) is 16.9. The number of carboxylic acid groups (broad SMARTS) is 1. The predicted molar refractivity (Wildman–Crippen MR) is 225 cm³/mol. The van der Waals surface area contributed by atoms with E-state index in [1.54, 1.807) is 40.8 Å². The van der Waals surface area contributed by atoms with E-state index < -0.39 is 51.2 Å². The molecule has 3 N–H and O–H groups in total. The Morgan fingerprint density at radius 3 is 1.95 bits per heavy atom. The molecule has 1 unspecified atom stereocenters. The van der Waals surface area contributed by atoms with Crippen LogP contribution in [0.25, 0.3) is 0 Å². The number of allylic oxidation sites excluding steroid dienone is 1.